The smallest absolute Gasteiger partial charge is 0.349 e. The minimum absolute atomic E-state index is 0.0271. The fourth-order valence-electron chi connectivity index (χ4n) is 2.32. The number of allylic oxidation sites excluding steroid dienone is 1. The zero-order chi connectivity index (χ0) is 19.4. The van der Waals surface area contributed by atoms with Crippen LogP contribution in [-0.2, 0) is 23.9 Å². The monoisotopic (exact) mass is 356 g/mol. The number of ether oxygens (including phenoxy) is 1. The molecule has 25 heavy (non-hydrogen) atoms. The van der Waals surface area contributed by atoms with Crippen molar-refractivity contribution in [3.8, 4) is 0 Å². The number of aliphatic hydroxyl groups is 2. The number of Topliss-reactive ketones (excluding diaryl/α,β-unsaturated/α-hetero) is 2. The van der Waals surface area contributed by atoms with Gasteiger partial charge < -0.3 is 14.9 Å². The van der Waals surface area contributed by atoms with Crippen LogP contribution in [0.1, 0.15) is 65.7 Å². The van der Waals surface area contributed by atoms with E-state index in [4.69, 9.17) is 10.2 Å². The van der Waals surface area contributed by atoms with Gasteiger partial charge in [0, 0.05) is 5.57 Å². The summed E-state index contributed by atoms with van der Waals surface area (Å²) in [7, 11) is 0. The number of hydrogen-bond acceptors (Lipinski definition) is 7. The Bertz CT molecular complexity index is 520. The molecule has 2 N–H and O–H groups in total. The number of ketones is 2. The minimum Gasteiger partial charge on any atom is -0.393 e. The number of hydrogen-bond donors (Lipinski definition) is 2. The third-order valence-electron chi connectivity index (χ3n) is 3.70. The maximum absolute atomic E-state index is 12.1. The average molecular weight is 356 g/mol. The third-order valence-corrected chi connectivity index (χ3v) is 3.70. The maximum atomic E-state index is 12.1. The van der Waals surface area contributed by atoms with E-state index in [0.717, 1.165) is 39.0 Å². The molecule has 0 amide bonds. The van der Waals surface area contributed by atoms with Gasteiger partial charge in [-0.25, -0.2) is 9.59 Å². The van der Waals surface area contributed by atoms with Crippen molar-refractivity contribution < 1.29 is 34.1 Å². The van der Waals surface area contributed by atoms with Gasteiger partial charge >= 0.3 is 11.9 Å². The molecule has 0 saturated carbocycles. The minimum atomic E-state index is -1.88. The molecule has 0 rings (SSSR count). The topological polar surface area (TPSA) is 118 Å². The van der Waals surface area contributed by atoms with Gasteiger partial charge in [0.25, 0.3) is 0 Å². The van der Waals surface area contributed by atoms with Gasteiger partial charge in [-0.15, -0.1) is 0 Å². The number of carbonyl (C=O) groups is 4. The van der Waals surface area contributed by atoms with Gasteiger partial charge in [-0.1, -0.05) is 39.0 Å². The molecule has 142 valence electrons. The molecule has 0 aliphatic rings. The molecule has 0 saturated heterocycles. The Morgan fingerprint density at radius 3 is 1.96 bits per heavy atom. The van der Waals surface area contributed by atoms with Gasteiger partial charge in [-0.2, -0.15) is 0 Å². The molecule has 0 bridgehead atoms. The molecular formula is C18H28O7. The van der Waals surface area contributed by atoms with Crippen molar-refractivity contribution in [1.82, 2.24) is 0 Å². The lowest BCUT2D eigenvalue weighted by Crippen LogP contribution is -2.31. The Labute approximate surface area is 148 Å². The first-order valence-corrected chi connectivity index (χ1v) is 8.56. The number of esters is 2. The first-order chi connectivity index (χ1) is 11.8. The third kappa shape index (κ3) is 8.69. The molecule has 7 nitrogen and oxygen atoms in total. The van der Waals surface area contributed by atoms with Gasteiger partial charge in [0.2, 0.25) is 0 Å². The Balaban J connectivity index is 5.12. The van der Waals surface area contributed by atoms with Crippen molar-refractivity contribution in [3.05, 3.63) is 11.1 Å². The molecule has 0 aliphatic carbocycles. The van der Waals surface area contributed by atoms with E-state index in [2.05, 4.69) is 11.7 Å². The summed E-state index contributed by atoms with van der Waals surface area (Å²) in [5.41, 5.74) is -0.446. The fraction of sp³-hybridized carbons (Fsp3) is 0.667. The first kappa shape index (κ1) is 23.1. The lowest BCUT2D eigenvalue weighted by Gasteiger charge is -2.11. The molecular weight excluding hydrogens is 328 g/mol. The summed E-state index contributed by atoms with van der Waals surface area (Å²) in [5, 5.41) is 17.8. The van der Waals surface area contributed by atoms with Crippen LogP contribution in [0.2, 0.25) is 0 Å². The van der Waals surface area contributed by atoms with E-state index in [9.17, 15) is 19.2 Å². The van der Waals surface area contributed by atoms with Crippen LogP contribution < -0.4 is 0 Å². The Hall–Kier alpha value is -1.86. The second-order valence-corrected chi connectivity index (χ2v) is 5.89. The highest BCUT2D eigenvalue weighted by Gasteiger charge is 2.28. The standard InChI is InChI=1S/C18H28O7/c1-4-5-6-7-8-9-10-14(12(2)20)16(13(3)21)18(24)25-17(23)15(22)11-19/h15,19,22H,4-11H2,1-3H3. The molecule has 0 aromatic carbocycles. The average Bonchev–Trinajstić information content (AvgIpc) is 2.55. The quantitative estimate of drug-likeness (QED) is 0.179. The van der Waals surface area contributed by atoms with E-state index < -0.39 is 41.8 Å². The predicted octanol–water partition coefficient (Wildman–Crippen LogP) is 1.63. The molecule has 1 atom stereocenters. The molecule has 0 radical (unpaired) electrons. The van der Waals surface area contributed by atoms with E-state index >= 15 is 0 Å². The Kier molecular flexibility index (Phi) is 11.6. The van der Waals surface area contributed by atoms with Crippen LogP contribution in [0.3, 0.4) is 0 Å². The zero-order valence-corrected chi connectivity index (χ0v) is 15.2. The lowest BCUT2D eigenvalue weighted by molar-refractivity contribution is -0.165. The molecule has 0 heterocycles. The van der Waals surface area contributed by atoms with Crippen LogP contribution >= 0.6 is 0 Å². The summed E-state index contributed by atoms with van der Waals surface area (Å²) in [4.78, 5) is 47.1. The van der Waals surface area contributed by atoms with Crippen LogP contribution in [-0.4, -0.2) is 46.4 Å². The summed E-state index contributed by atoms with van der Waals surface area (Å²) in [5.74, 6) is -3.77. The Morgan fingerprint density at radius 2 is 1.48 bits per heavy atom. The van der Waals surface area contributed by atoms with Gasteiger partial charge in [0.15, 0.2) is 17.7 Å². The highest BCUT2D eigenvalue weighted by atomic mass is 16.6. The number of carbonyl (C=O) groups excluding carboxylic acids is 4. The lowest BCUT2D eigenvalue weighted by atomic mass is 9.95. The molecule has 7 heteroatoms. The predicted molar refractivity (Wildman–Crippen MR) is 90.6 cm³/mol. The van der Waals surface area contributed by atoms with Crippen molar-refractivity contribution in [2.45, 2.75) is 71.8 Å². The van der Waals surface area contributed by atoms with Crippen molar-refractivity contribution in [2.24, 2.45) is 0 Å². The van der Waals surface area contributed by atoms with Crippen LogP contribution in [0.5, 0.6) is 0 Å². The van der Waals surface area contributed by atoms with Gasteiger partial charge in [-0.3, -0.25) is 9.59 Å². The maximum Gasteiger partial charge on any atom is 0.349 e. The summed E-state index contributed by atoms with van der Waals surface area (Å²) >= 11 is 0. The van der Waals surface area contributed by atoms with E-state index in [0.29, 0.717) is 6.42 Å². The van der Waals surface area contributed by atoms with E-state index in [1.165, 1.54) is 6.92 Å². The Morgan fingerprint density at radius 1 is 0.920 bits per heavy atom. The van der Waals surface area contributed by atoms with Crippen molar-refractivity contribution in [3.63, 3.8) is 0 Å². The van der Waals surface area contributed by atoms with Gasteiger partial charge in [-0.05, 0) is 26.7 Å². The highest BCUT2D eigenvalue weighted by molar-refractivity contribution is 6.22. The molecule has 0 aromatic heterocycles. The number of aliphatic hydroxyl groups excluding tert-OH is 2. The largest absolute Gasteiger partial charge is 0.393 e. The second-order valence-electron chi connectivity index (χ2n) is 5.89. The number of rotatable bonds is 12. The van der Waals surface area contributed by atoms with Crippen molar-refractivity contribution >= 4 is 23.5 Å². The first-order valence-electron chi connectivity index (χ1n) is 8.56. The molecule has 0 aromatic rings. The molecule has 0 aliphatic heterocycles. The van der Waals surface area contributed by atoms with E-state index in [1.54, 1.807) is 0 Å². The van der Waals surface area contributed by atoms with Crippen LogP contribution in [0, 0.1) is 0 Å². The number of unbranched alkanes of at least 4 members (excludes halogenated alkanes) is 5. The molecule has 1 unspecified atom stereocenters. The highest BCUT2D eigenvalue weighted by Crippen LogP contribution is 2.18. The van der Waals surface area contributed by atoms with Gasteiger partial charge in [0.05, 0.1) is 6.61 Å². The zero-order valence-electron chi connectivity index (χ0n) is 15.2. The summed E-state index contributed by atoms with van der Waals surface area (Å²) in [6, 6.07) is 0. The summed E-state index contributed by atoms with van der Waals surface area (Å²) in [6.45, 7) is 3.54. The van der Waals surface area contributed by atoms with Crippen molar-refractivity contribution in [2.75, 3.05) is 6.61 Å². The normalized spacial score (nSPS) is 13.0. The van der Waals surface area contributed by atoms with Crippen LogP contribution in [0.25, 0.3) is 0 Å². The molecule has 0 spiro atoms. The van der Waals surface area contributed by atoms with E-state index in [1.807, 2.05) is 0 Å². The summed E-state index contributed by atoms with van der Waals surface area (Å²) in [6.07, 6.45) is 4.20. The molecule has 0 fully saturated rings. The summed E-state index contributed by atoms with van der Waals surface area (Å²) < 4.78 is 4.40. The second kappa shape index (κ2) is 12.5. The van der Waals surface area contributed by atoms with Gasteiger partial charge in [0.1, 0.15) is 5.57 Å². The van der Waals surface area contributed by atoms with Crippen LogP contribution in [0.4, 0.5) is 0 Å². The fourth-order valence-corrected chi connectivity index (χ4v) is 2.32. The van der Waals surface area contributed by atoms with Crippen LogP contribution in [0.15, 0.2) is 11.1 Å². The SMILES string of the molecule is CCCCCCCCC(C(C)=O)=C(C(C)=O)C(=O)OC(=O)C(O)CO. The van der Waals surface area contributed by atoms with Crippen molar-refractivity contribution in [1.29, 1.82) is 0 Å². The van der Waals surface area contributed by atoms with E-state index in [-0.39, 0.29) is 12.0 Å².